The number of hydrogen-bond donors (Lipinski definition) is 1. The van der Waals surface area contributed by atoms with Crippen LogP contribution in [0.3, 0.4) is 0 Å². The maximum Gasteiger partial charge on any atom is 0.323 e. The van der Waals surface area contributed by atoms with Gasteiger partial charge in [0.25, 0.3) is 5.91 Å². The molecular weight excluding hydrogens is 338 g/mol. The van der Waals surface area contributed by atoms with Crippen LogP contribution in [0.5, 0.6) is 0 Å². The maximum absolute atomic E-state index is 12.9. The largest absolute Gasteiger partial charge is 0.480 e. The van der Waals surface area contributed by atoms with Crippen molar-refractivity contribution in [2.75, 3.05) is 19.6 Å². The lowest BCUT2D eigenvalue weighted by molar-refractivity contribution is -0.145. The van der Waals surface area contributed by atoms with Crippen molar-refractivity contribution < 1.29 is 19.5 Å². The number of imidazole rings is 1. The molecule has 0 bridgehead atoms. The second-order valence-corrected chi connectivity index (χ2v) is 6.35. The molecule has 2 aromatic rings. The topological polar surface area (TPSA) is 108 Å². The number of nitrogens with zero attached hydrogens (tertiary/aromatic N) is 5. The molecule has 0 saturated carbocycles. The summed E-state index contributed by atoms with van der Waals surface area (Å²) in [7, 11) is 0. The molecule has 0 aliphatic carbocycles. The molecule has 1 aliphatic rings. The standard InChI is InChI=1S/C17H21N5O4/c1-12(23)22(11-14(24)25)13-3-2-7-21(8-4-13)17(26)15-16-19-6-10-20(16)9-5-18-15/h5-6,9-10,13H,2-4,7-8,11H2,1H3,(H,24,25). The van der Waals surface area contributed by atoms with Crippen molar-refractivity contribution >= 4 is 23.4 Å². The van der Waals surface area contributed by atoms with Gasteiger partial charge in [0, 0.05) is 50.8 Å². The average Bonchev–Trinajstić information content (AvgIpc) is 2.95. The van der Waals surface area contributed by atoms with Gasteiger partial charge in [0.2, 0.25) is 5.91 Å². The molecule has 1 unspecified atom stereocenters. The first-order valence-corrected chi connectivity index (χ1v) is 8.53. The highest BCUT2D eigenvalue weighted by atomic mass is 16.4. The fourth-order valence-corrected chi connectivity index (χ4v) is 3.39. The predicted molar refractivity (Wildman–Crippen MR) is 91.6 cm³/mol. The maximum atomic E-state index is 12.9. The van der Waals surface area contributed by atoms with Crippen LogP contribution in [-0.2, 0) is 9.59 Å². The van der Waals surface area contributed by atoms with Crippen LogP contribution in [0.25, 0.3) is 5.65 Å². The Balaban J connectivity index is 1.74. The van der Waals surface area contributed by atoms with Gasteiger partial charge in [0.1, 0.15) is 6.54 Å². The van der Waals surface area contributed by atoms with Gasteiger partial charge in [-0.15, -0.1) is 0 Å². The van der Waals surface area contributed by atoms with Gasteiger partial charge >= 0.3 is 5.97 Å². The van der Waals surface area contributed by atoms with Crippen LogP contribution < -0.4 is 0 Å². The zero-order valence-corrected chi connectivity index (χ0v) is 14.5. The average molecular weight is 359 g/mol. The first-order valence-electron chi connectivity index (χ1n) is 8.53. The highest BCUT2D eigenvalue weighted by Crippen LogP contribution is 2.19. The van der Waals surface area contributed by atoms with Crippen LogP contribution in [0.15, 0.2) is 24.8 Å². The molecule has 9 nitrogen and oxygen atoms in total. The number of carbonyl (C=O) groups excluding carboxylic acids is 2. The van der Waals surface area contributed by atoms with Crippen molar-refractivity contribution in [1.29, 1.82) is 0 Å². The molecule has 0 radical (unpaired) electrons. The lowest BCUT2D eigenvalue weighted by Gasteiger charge is -2.28. The molecule has 2 amide bonds. The molecule has 0 aromatic carbocycles. The summed E-state index contributed by atoms with van der Waals surface area (Å²) in [6, 6.07) is -0.184. The molecule has 0 spiro atoms. The Morgan fingerprint density at radius 2 is 1.92 bits per heavy atom. The predicted octanol–water partition coefficient (Wildman–Crippen LogP) is 0.657. The molecule has 1 aliphatic heterocycles. The molecular formula is C17H21N5O4. The molecule has 138 valence electrons. The molecule has 1 fully saturated rings. The first-order chi connectivity index (χ1) is 12.5. The smallest absolute Gasteiger partial charge is 0.323 e. The van der Waals surface area contributed by atoms with Gasteiger partial charge in [0.05, 0.1) is 0 Å². The Hall–Kier alpha value is -2.97. The minimum Gasteiger partial charge on any atom is -0.480 e. The van der Waals surface area contributed by atoms with Gasteiger partial charge in [-0.25, -0.2) is 9.97 Å². The molecule has 1 N–H and O–H groups in total. The van der Waals surface area contributed by atoms with Crippen LogP contribution in [0.1, 0.15) is 36.7 Å². The van der Waals surface area contributed by atoms with E-state index in [1.165, 1.54) is 11.8 Å². The van der Waals surface area contributed by atoms with Crippen molar-refractivity contribution in [1.82, 2.24) is 24.2 Å². The normalized spacial score (nSPS) is 17.7. The minimum atomic E-state index is -1.03. The number of likely N-dealkylation sites (tertiary alicyclic amines) is 1. The molecule has 3 heterocycles. The lowest BCUT2D eigenvalue weighted by atomic mass is 10.1. The van der Waals surface area contributed by atoms with E-state index in [0.29, 0.717) is 43.7 Å². The summed E-state index contributed by atoms with van der Waals surface area (Å²) in [6.45, 7) is 2.04. The van der Waals surface area contributed by atoms with E-state index < -0.39 is 5.97 Å². The van der Waals surface area contributed by atoms with E-state index in [4.69, 9.17) is 5.11 Å². The van der Waals surface area contributed by atoms with Crippen LogP contribution in [0.2, 0.25) is 0 Å². The first kappa shape index (κ1) is 17.8. The zero-order chi connectivity index (χ0) is 18.7. The van der Waals surface area contributed by atoms with Gasteiger partial charge in [-0.3, -0.25) is 14.4 Å². The highest BCUT2D eigenvalue weighted by molar-refractivity contribution is 5.97. The summed E-state index contributed by atoms with van der Waals surface area (Å²) in [5.74, 6) is -1.50. The number of aromatic nitrogens is 3. The monoisotopic (exact) mass is 359 g/mol. The second-order valence-electron chi connectivity index (χ2n) is 6.35. The summed E-state index contributed by atoms with van der Waals surface area (Å²) in [5.41, 5.74) is 0.805. The van der Waals surface area contributed by atoms with Crippen molar-refractivity contribution in [2.24, 2.45) is 0 Å². The van der Waals surface area contributed by atoms with Gasteiger partial charge in [0.15, 0.2) is 11.3 Å². The van der Waals surface area contributed by atoms with E-state index in [9.17, 15) is 14.4 Å². The number of rotatable bonds is 4. The third-order valence-electron chi connectivity index (χ3n) is 4.65. The van der Waals surface area contributed by atoms with E-state index >= 15 is 0 Å². The van der Waals surface area contributed by atoms with E-state index in [2.05, 4.69) is 9.97 Å². The minimum absolute atomic E-state index is 0.184. The number of amides is 2. The molecule has 26 heavy (non-hydrogen) atoms. The number of fused-ring (bicyclic) bond motifs is 1. The molecule has 3 rings (SSSR count). The number of hydrogen-bond acceptors (Lipinski definition) is 5. The fourth-order valence-electron chi connectivity index (χ4n) is 3.39. The van der Waals surface area contributed by atoms with Crippen molar-refractivity contribution in [2.45, 2.75) is 32.2 Å². The highest BCUT2D eigenvalue weighted by Gasteiger charge is 2.29. The van der Waals surface area contributed by atoms with Gasteiger partial charge < -0.3 is 19.3 Å². The van der Waals surface area contributed by atoms with Crippen LogP contribution in [0, 0.1) is 0 Å². The summed E-state index contributed by atoms with van der Waals surface area (Å²) < 4.78 is 1.74. The summed E-state index contributed by atoms with van der Waals surface area (Å²) >= 11 is 0. The SMILES string of the molecule is CC(=O)N(CC(=O)O)C1CCCN(C(=O)c2nccn3ccnc23)CC1. The van der Waals surface area contributed by atoms with Crippen molar-refractivity contribution in [3.05, 3.63) is 30.5 Å². The van der Waals surface area contributed by atoms with Gasteiger partial charge in [-0.2, -0.15) is 0 Å². The number of carboxylic acids is 1. The number of aliphatic carboxylic acids is 1. The lowest BCUT2D eigenvalue weighted by Crippen LogP contribution is -2.43. The molecule has 1 saturated heterocycles. The fraction of sp³-hybridized carbons (Fsp3) is 0.471. The van der Waals surface area contributed by atoms with E-state index in [1.807, 2.05) is 0 Å². The van der Waals surface area contributed by atoms with Gasteiger partial charge in [-0.05, 0) is 19.3 Å². The Morgan fingerprint density at radius 3 is 2.62 bits per heavy atom. The Morgan fingerprint density at radius 1 is 1.19 bits per heavy atom. The Kier molecular flexibility index (Phi) is 5.15. The van der Waals surface area contributed by atoms with E-state index in [1.54, 1.807) is 34.1 Å². The van der Waals surface area contributed by atoms with Crippen LogP contribution in [-0.4, -0.2) is 72.7 Å². The number of carboxylic acid groups (broad SMARTS) is 1. The molecule has 2 aromatic heterocycles. The summed E-state index contributed by atoms with van der Waals surface area (Å²) in [6.07, 6.45) is 8.55. The Labute approximate surface area is 150 Å². The summed E-state index contributed by atoms with van der Waals surface area (Å²) in [5, 5.41) is 9.03. The zero-order valence-electron chi connectivity index (χ0n) is 14.5. The quantitative estimate of drug-likeness (QED) is 0.859. The second kappa shape index (κ2) is 7.51. The van der Waals surface area contributed by atoms with Crippen LogP contribution in [0.4, 0.5) is 0 Å². The molecule has 1 atom stereocenters. The van der Waals surface area contributed by atoms with Gasteiger partial charge in [-0.1, -0.05) is 0 Å². The van der Waals surface area contributed by atoms with Crippen LogP contribution >= 0.6 is 0 Å². The number of carbonyl (C=O) groups is 3. The van der Waals surface area contributed by atoms with Crippen molar-refractivity contribution in [3.8, 4) is 0 Å². The third-order valence-corrected chi connectivity index (χ3v) is 4.65. The third kappa shape index (κ3) is 3.66. The van der Waals surface area contributed by atoms with Crippen molar-refractivity contribution in [3.63, 3.8) is 0 Å². The molecule has 9 heteroatoms. The Bertz CT molecular complexity index is 833. The van der Waals surface area contributed by atoms with E-state index in [-0.39, 0.29) is 24.4 Å². The summed E-state index contributed by atoms with van der Waals surface area (Å²) in [4.78, 5) is 47.2. The van der Waals surface area contributed by atoms with E-state index in [0.717, 1.165) is 0 Å².